The SMILES string of the molecule is Cc1cc(C(C(=O)N2C[C@H](O)C[C@@H]2C2=NC(C)(c3ccc(-c4ccccc4F)cc3)C(=O)N2)C(C)C)on1. The summed E-state index contributed by atoms with van der Waals surface area (Å²) in [5.41, 5.74) is 1.25. The topological polar surface area (TPSA) is 108 Å². The van der Waals surface area contributed by atoms with Gasteiger partial charge in [-0.3, -0.25) is 9.59 Å². The van der Waals surface area contributed by atoms with Crippen LogP contribution in [0.5, 0.6) is 0 Å². The number of aromatic nitrogens is 1. The summed E-state index contributed by atoms with van der Waals surface area (Å²) in [5, 5.41) is 17.3. The normalized spacial score (nSPS) is 24.0. The fourth-order valence-electron chi connectivity index (χ4n) is 5.34. The van der Waals surface area contributed by atoms with Crippen molar-refractivity contribution in [3.05, 3.63) is 77.4 Å². The summed E-state index contributed by atoms with van der Waals surface area (Å²) >= 11 is 0. The quantitative estimate of drug-likeness (QED) is 0.514. The number of carbonyl (C=O) groups excluding carboxylic acids is 2. The van der Waals surface area contributed by atoms with E-state index in [1.54, 1.807) is 67.3 Å². The molecule has 0 radical (unpaired) electrons. The summed E-state index contributed by atoms with van der Waals surface area (Å²) < 4.78 is 19.7. The molecule has 0 spiro atoms. The fraction of sp³-hybridized carbons (Fsp3) is 0.379. The van der Waals surface area contributed by atoms with Crippen LogP contribution in [0.1, 0.15) is 50.1 Å². The van der Waals surface area contributed by atoms with E-state index < -0.39 is 23.6 Å². The van der Waals surface area contributed by atoms with Gasteiger partial charge in [0.25, 0.3) is 5.91 Å². The number of nitrogens with one attached hydrogen (secondary N) is 1. The summed E-state index contributed by atoms with van der Waals surface area (Å²) in [6.45, 7) is 7.49. The smallest absolute Gasteiger partial charge is 0.257 e. The lowest BCUT2D eigenvalue weighted by molar-refractivity contribution is -0.134. The molecule has 9 heteroatoms. The van der Waals surface area contributed by atoms with Crippen LogP contribution in [0.15, 0.2) is 64.1 Å². The van der Waals surface area contributed by atoms with E-state index in [2.05, 4.69) is 10.5 Å². The maximum atomic E-state index is 14.2. The lowest BCUT2D eigenvalue weighted by Crippen LogP contribution is -2.48. The Morgan fingerprint density at radius 2 is 1.92 bits per heavy atom. The highest BCUT2D eigenvalue weighted by Gasteiger charge is 2.48. The summed E-state index contributed by atoms with van der Waals surface area (Å²) in [6, 6.07) is 14.7. The summed E-state index contributed by atoms with van der Waals surface area (Å²) in [7, 11) is 0. The van der Waals surface area contributed by atoms with E-state index in [1.807, 2.05) is 13.8 Å². The van der Waals surface area contributed by atoms with Crippen molar-refractivity contribution in [1.82, 2.24) is 15.4 Å². The molecule has 2 aromatic carbocycles. The van der Waals surface area contributed by atoms with Gasteiger partial charge in [0.1, 0.15) is 23.3 Å². The van der Waals surface area contributed by atoms with Crippen LogP contribution in [0.25, 0.3) is 11.1 Å². The molecule has 1 saturated heterocycles. The zero-order chi connectivity index (χ0) is 27.2. The largest absolute Gasteiger partial charge is 0.391 e. The van der Waals surface area contributed by atoms with E-state index in [0.29, 0.717) is 34.0 Å². The number of aliphatic imine (C=N–C) groups is 1. The molecule has 8 nitrogen and oxygen atoms in total. The third kappa shape index (κ3) is 4.51. The van der Waals surface area contributed by atoms with Gasteiger partial charge in [-0.1, -0.05) is 61.5 Å². The second-order valence-corrected chi connectivity index (χ2v) is 10.6. The molecule has 0 saturated carbocycles. The molecule has 2 aliphatic rings. The first-order valence-corrected chi connectivity index (χ1v) is 12.8. The predicted molar refractivity (Wildman–Crippen MR) is 140 cm³/mol. The Morgan fingerprint density at radius 3 is 2.55 bits per heavy atom. The second kappa shape index (κ2) is 9.79. The Bertz CT molecular complexity index is 1400. The summed E-state index contributed by atoms with van der Waals surface area (Å²) in [4.78, 5) is 33.3. The lowest BCUT2D eigenvalue weighted by Gasteiger charge is -2.29. The number of amides is 2. The average molecular weight is 519 g/mol. The number of hydrogen-bond acceptors (Lipinski definition) is 6. The zero-order valence-corrected chi connectivity index (χ0v) is 21.8. The summed E-state index contributed by atoms with van der Waals surface area (Å²) in [5.74, 6) is -0.707. The number of hydrogen-bond donors (Lipinski definition) is 2. The zero-order valence-electron chi connectivity index (χ0n) is 21.8. The van der Waals surface area contributed by atoms with Crippen LogP contribution in [-0.4, -0.2) is 51.5 Å². The van der Waals surface area contributed by atoms with E-state index in [1.165, 1.54) is 6.07 Å². The average Bonchev–Trinajstić information content (AvgIpc) is 3.57. The Morgan fingerprint density at radius 1 is 1.21 bits per heavy atom. The third-order valence-corrected chi connectivity index (χ3v) is 7.42. The van der Waals surface area contributed by atoms with Crippen molar-refractivity contribution in [3.63, 3.8) is 0 Å². The van der Waals surface area contributed by atoms with Gasteiger partial charge in [0.15, 0.2) is 5.54 Å². The molecule has 3 aromatic rings. The van der Waals surface area contributed by atoms with Crippen LogP contribution in [0.4, 0.5) is 4.39 Å². The Labute approximate surface area is 220 Å². The molecular formula is C29H31FN4O4. The van der Waals surface area contributed by atoms with Crippen molar-refractivity contribution in [2.45, 2.75) is 57.7 Å². The van der Waals surface area contributed by atoms with Crippen LogP contribution < -0.4 is 5.32 Å². The number of benzene rings is 2. The lowest BCUT2D eigenvalue weighted by atomic mass is 9.91. The van der Waals surface area contributed by atoms with Crippen LogP contribution >= 0.6 is 0 Å². The minimum atomic E-state index is -1.23. The molecule has 0 bridgehead atoms. The summed E-state index contributed by atoms with van der Waals surface area (Å²) in [6.07, 6.45) is -0.493. The number of aliphatic hydroxyl groups excluding tert-OH is 1. The van der Waals surface area contributed by atoms with Crippen LogP contribution in [0, 0.1) is 18.7 Å². The number of aryl methyl sites for hydroxylation is 1. The van der Waals surface area contributed by atoms with Crippen molar-refractivity contribution >= 4 is 17.6 Å². The van der Waals surface area contributed by atoms with Gasteiger partial charge in [-0.25, -0.2) is 9.38 Å². The number of carbonyl (C=O) groups is 2. The van der Waals surface area contributed by atoms with Gasteiger partial charge in [0.05, 0.1) is 17.8 Å². The van der Waals surface area contributed by atoms with E-state index in [9.17, 15) is 19.1 Å². The first-order valence-electron chi connectivity index (χ1n) is 12.8. The molecule has 38 heavy (non-hydrogen) atoms. The van der Waals surface area contributed by atoms with E-state index in [0.717, 1.165) is 0 Å². The first-order chi connectivity index (χ1) is 18.1. The number of rotatable bonds is 6. The van der Waals surface area contributed by atoms with E-state index in [4.69, 9.17) is 9.52 Å². The van der Waals surface area contributed by atoms with Crippen molar-refractivity contribution in [1.29, 1.82) is 0 Å². The Balaban J connectivity index is 1.43. The maximum Gasteiger partial charge on any atom is 0.257 e. The molecule has 3 heterocycles. The molecule has 4 atom stereocenters. The minimum Gasteiger partial charge on any atom is -0.391 e. The highest BCUT2D eigenvalue weighted by Crippen LogP contribution is 2.36. The molecule has 0 aliphatic carbocycles. The van der Waals surface area contributed by atoms with Crippen LogP contribution in [0.3, 0.4) is 0 Å². The van der Waals surface area contributed by atoms with Crippen molar-refractivity contribution in [3.8, 4) is 11.1 Å². The molecular weight excluding hydrogens is 487 g/mol. The number of aliphatic hydroxyl groups is 1. The highest BCUT2D eigenvalue weighted by molar-refractivity contribution is 6.11. The second-order valence-electron chi connectivity index (χ2n) is 10.6. The molecule has 2 aliphatic heterocycles. The first kappa shape index (κ1) is 25.8. The van der Waals surface area contributed by atoms with Gasteiger partial charge in [0.2, 0.25) is 5.91 Å². The number of likely N-dealkylation sites (tertiary alicyclic amines) is 1. The number of β-amino-alcohol motifs (C(OH)–C–C–N with tert-alkyl or cyclic N) is 1. The highest BCUT2D eigenvalue weighted by atomic mass is 19.1. The van der Waals surface area contributed by atoms with Crippen LogP contribution in [0.2, 0.25) is 0 Å². The number of halogens is 1. The van der Waals surface area contributed by atoms with Crippen LogP contribution in [-0.2, 0) is 15.1 Å². The molecule has 198 valence electrons. The molecule has 1 fully saturated rings. The van der Waals surface area contributed by atoms with Gasteiger partial charge in [0, 0.05) is 24.6 Å². The van der Waals surface area contributed by atoms with Crippen molar-refractivity contribution in [2.24, 2.45) is 10.9 Å². The molecule has 2 N–H and O–H groups in total. The van der Waals surface area contributed by atoms with Gasteiger partial charge in [-0.15, -0.1) is 0 Å². The van der Waals surface area contributed by atoms with Crippen molar-refractivity contribution < 1.29 is 23.6 Å². The minimum absolute atomic E-state index is 0.0772. The van der Waals surface area contributed by atoms with Gasteiger partial charge >= 0.3 is 0 Å². The Hall–Kier alpha value is -3.85. The third-order valence-electron chi connectivity index (χ3n) is 7.42. The standard InChI is InChI=1S/C29H31FN4O4/c1-16(2)25(24-13-17(3)33-38-24)27(36)34-15-20(35)14-23(34)26-31-28(37)29(4,32-26)19-11-9-18(10-12-19)21-7-5-6-8-22(21)30/h5-13,16,20,23,25,35H,14-15H2,1-4H3,(H,31,32,37)/t20-,23-,25?,29?/m1/s1. The van der Waals surface area contributed by atoms with Crippen molar-refractivity contribution in [2.75, 3.05) is 6.54 Å². The molecule has 5 rings (SSSR count). The molecule has 2 amide bonds. The van der Waals surface area contributed by atoms with Gasteiger partial charge in [-0.2, -0.15) is 0 Å². The molecule has 1 aromatic heterocycles. The van der Waals surface area contributed by atoms with Gasteiger partial charge in [-0.05, 0) is 37.0 Å². The maximum absolute atomic E-state index is 14.2. The monoisotopic (exact) mass is 518 g/mol. The predicted octanol–water partition coefficient (Wildman–Crippen LogP) is 3.93. The van der Waals surface area contributed by atoms with E-state index in [-0.39, 0.29) is 36.5 Å². The van der Waals surface area contributed by atoms with Gasteiger partial charge < -0.3 is 19.8 Å². The molecule has 2 unspecified atom stereocenters. The van der Waals surface area contributed by atoms with E-state index >= 15 is 0 Å². The number of nitrogens with zero attached hydrogens (tertiary/aromatic N) is 3. The Kier molecular flexibility index (Phi) is 6.65. The fourth-order valence-corrected chi connectivity index (χ4v) is 5.34. The number of amidine groups is 1.